The van der Waals surface area contributed by atoms with Crippen LogP contribution in [0, 0.1) is 27.6 Å². The quantitative estimate of drug-likeness (QED) is 0.625. The van der Waals surface area contributed by atoms with Crippen LogP contribution in [-0.4, -0.2) is 18.0 Å². The Morgan fingerprint density at radius 1 is 1.09 bits per heavy atom. The van der Waals surface area contributed by atoms with E-state index in [0.717, 1.165) is 12.8 Å². The van der Waals surface area contributed by atoms with Gasteiger partial charge in [0, 0.05) is 10.8 Å². The molecule has 1 spiro atoms. The summed E-state index contributed by atoms with van der Waals surface area (Å²) in [7, 11) is 0. The second-order valence-corrected chi connectivity index (χ2v) is 10.0. The van der Waals surface area contributed by atoms with Crippen LogP contribution >= 0.6 is 0 Å². The van der Waals surface area contributed by atoms with Gasteiger partial charge in [0.2, 0.25) is 0 Å². The Hall–Kier alpha value is -0.630. The van der Waals surface area contributed by atoms with Gasteiger partial charge in [0.25, 0.3) is 0 Å². The van der Waals surface area contributed by atoms with E-state index in [1.165, 1.54) is 31.3 Å². The molecule has 0 aromatic carbocycles. The second kappa shape index (κ2) is 3.55. The minimum atomic E-state index is -0.0968. The lowest BCUT2D eigenvalue weighted by atomic mass is 9.40. The van der Waals surface area contributed by atoms with Crippen molar-refractivity contribution in [1.29, 1.82) is 0 Å². The van der Waals surface area contributed by atoms with E-state index in [1.807, 2.05) is 6.08 Å². The third-order valence-corrected chi connectivity index (χ3v) is 8.53. The molecule has 0 aromatic heterocycles. The molecule has 0 unspecified atom stereocenters. The predicted octanol–water partition coefficient (Wildman–Crippen LogP) is 4.29. The summed E-state index contributed by atoms with van der Waals surface area (Å²) in [5.41, 5.74) is 2.23. The van der Waals surface area contributed by atoms with Crippen molar-refractivity contribution in [2.45, 2.75) is 78.4 Å². The molecule has 0 N–H and O–H groups in total. The molecule has 4 aliphatic carbocycles. The maximum absolute atomic E-state index is 12.6. The van der Waals surface area contributed by atoms with Crippen LogP contribution in [0.1, 0.15) is 66.2 Å². The van der Waals surface area contributed by atoms with Crippen molar-refractivity contribution in [3.63, 3.8) is 0 Å². The van der Waals surface area contributed by atoms with Crippen molar-refractivity contribution in [2.75, 3.05) is 0 Å². The van der Waals surface area contributed by atoms with Gasteiger partial charge in [-0.3, -0.25) is 4.79 Å². The summed E-state index contributed by atoms with van der Waals surface area (Å²) in [4.78, 5) is 12.6. The predicted molar refractivity (Wildman–Crippen MR) is 85.4 cm³/mol. The van der Waals surface area contributed by atoms with Crippen molar-refractivity contribution in [1.82, 2.24) is 0 Å². The molecule has 3 saturated carbocycles. The van der Waals surface area contributed by atoms with E-state index in [1.54, 1.807) is 0 Å². The largest absolute Gasteiger partial charge is 0.364 e. The fraction of sp³-hybridized carbons (Fsp3) is 0.850. The Bertz CT molecular complexity index is 617. The maximum Gasteiger partial charge on any atom is 0.161 e. The molecule has 5 rings (SSSR count). The van der Waals surface area contributed by atoms with Gasteiger partial charge in [-0.2, -0.15) is 0 Å². The van der Waals surface area contributed by atoms with Gasteiger partial charge < -0.3 is 4.74 Å². The minimum Gasteiger partial charge on any atom is -0.364 e. The summed E-state index contributed by atoms with van der Waals surface area (Å²) in [5, 5.41) is 0. The molecule has 2 heteroatoms. The molecule has 5 aliphatic rings. The average Bonchev–Trinajstić information content (AvgIpc) is 3.10. The molecular weight excluding hydrogens is 272 g/mol. The van der Waals surface area contributed by atoms with E-state index in [2.05, 4.69) is 27.7 Å². The normalized spacial score (nSPS) is 57.5. The van der Waals surface area contributed by atoms with E-state index >= 15 is 0 Å². The Labute approximate surface area is 133 Å². The molecule has 0 radical (unpaired) electrons. The van der Waals surface area contributed by atoms with Crippen LogP contribution in [0.5, 0.6) is 0 Å². The zero-order chi connectivity index (χ0) is 15.5. The topological polar surface area (TPSA) is 29.6 Å². The van der Waals surface area contributed by atoms with Gasteiger partial charge in [0.1, 0.15) is 6.10 Å². The van der Waals surface area contributed by atoms with E-state index in [0.29, 0.717) is 28.6 Å². The number of epoxide rings is 1. The van der Waals surface area contributed by atoms with Gasteiger partial charge >= 0.3 is 0 Å². The number of carbonyl (C=O) groups excluding carboxylic acids is 1. The lowest BCUT2D eigenvalue weighted by Crippen LogP contribution is -2.59. The summed E-state index contributed by atoms with van der Waals surface area (Å²) in [6.07, 6.45) is 10.0. The van der Waals surface area contributed by atoms with Gasteiger partial charge in [0.15, 0.2) is 5.78 Å². The highest BCUT2D eigenvalue weighted by molar-refractivity contribution is 5.97. The van der Waals surface area contributed by atoms with Crippen molar-refractivity contribution in [2.24, 2.45) is 27.6 Å². The van der Waals surface area contributed by atoms with Crippen LogP contribution in [-0.2, 0) is 9.53 Å². The zero-order valence-electron chi connectivity index (χ0n) is 14.4. The Morgan fingerprint density at radius 2 is 1.86 bits per heavy atom. The molecule has 4 fully saturated rings. The first-order valence-corrected chi connectivity index (χ1v) is 9.16. The number of allylic oxidation sites excluding steroid dienone is 1. The standard InChI is InChI=1S/C20H28O2/c1-17(2)6-5-7-19(4)16(17)15-14(22-15)12-10-13(21)18(3)8-9-20(12,19)11-18/h10,14-16H,5-9,11H2,1-4H3/t14-,15-,16-,18-,19-,20-/m0/s1. The summed E-state index contributed by atoms with van der Waals surface area (Å²) in [6.45, 7) is 9.68. The second-order valence-electron chi connectivity index (χ2n) is 10.0. The smallest absolute Gasteiger partial charge is 0.161 e. The third-order valence-electron chi connectivity index (χ3n) is 8.53. The number of hydrogen-bond acceptors (Lipinski definition) is 2. The maximum atomic E-state index is 12.6. The zero-order valence-corrected chi connectivity index (χ0v) is 14.4. The third kappa shape index (κ3) is 1.28. The number of carbonyl (C=O) groups is 1. The average molecular weight is 300 g/mol. The molecule has 22 heavy (non-hydrogen) atoms. The highest BCUT2D eigenvalue weighted by Crippen LogP contribution is 2.77. The molecule has 1 aliphatic heterocycles. The molecule has 6 atom stereocenters. The number of ketones is 1. The molecule has 120 valence electrons. The highest BCUT2D eigenvalue weighted by atomic mass is 16.6. The lowest BCUT2D eigenvalue weighted by Gasteiger charge is -2.62. The fourth-order valence-corrected chi connectivity index (χ4v) is 7.47. The first-order chi connectivity index (χ1) is 10.2. The van der Waals surface area contributed by atoms with Gasteiger partial charge in [-0.1, -0.05) is 34.1 Å². The minimum absolute atomic E-state index is 0.0968. The van der Waals surface area contributed by atoms with Crippen molar-refractivity contribution in [3.8, 4) is 0 Å². The molecular formula is C20H28O2. The number of hydrogen-bond donors (Lipinski definition) is 0. The molecule has 2 nitrogen and oxygen atoms in total. The first kappa shape index (κ1) is 13.8. The van der Waals surface area contributed by atoms with Crippen molar-refractivity contribution < 1.29 is 9.53 Å². The molecule has 2 bridgehead atoms. The van der Waals surface area contributed by atoms with Crippen LogP contribution in [0.15, 0.2) is 11.6 Å². The first-order valence-electron chi connectivity index (χ1n) is 9.16. The molecule has 0 aromatic rings. The number of ether oxygens (including phenoxy) is 1. The lowest BCUT2D eigenvalue weighted by molar-refractivity contribution is -0.129. The van der Waals surface area contributed by atoms with E-state index in [4.69, 9.17) is 4.74 Å². The summed E-state index contributed by atoms with van der Waals surface area (Å²) >= 11 is 0. The number of rotatable bonds is 0. The van der Waals surface area contributed by atoms with Crippen LogP contribution in [0.4, 0.5) is 0 Å². The van der Waals surface area contributed by atoms with Gasteiger partial charge in [-0.15, -0.1) is 0 Å². The Kier molecular flexibility index (Phi) is 2.23. The van der Waals surface area contributed by atoms with Crippen LogP contribution < -0.4 is 0 Å². The SMILES string of the molecule is CC1(C)CCC[C@@]2(C)[C@H]1[C@H]1O[C@H]1C1=CC(=O)[C@@]3(C)CC[C@]12C3. The summed E-state index contributed by atoms with van der Waals surface area (Å²) < 4.78 is 6.22. The monoisotopic (exact) mass is 300 g/mol. The summed E-state index contributed by atoms with van der Waals surface area (Å²) in [6, 6.07) is 0. The molecule has 1 heterocycles. The van der Waals surface area contributed by atoms with Crippen LogP contribution in [0.2, 0.25) is 0 Å². The van der Waals surface area contributed by atoms with Gasteiger partial charge in [-0.25, -0.2) is 0 Å². The van der Waals surface area contributed by atoms with Gasteiger partial charge in [-0.05, 0) is 60.5 Å². The molecule has 1 saturated heterocycles. The van der Waals surface area contributed by atoms with E-state index in [9.17, 15) is 4.79 Å². The number of fused-ring (bicyclic) bond motifs is 5. The Morgan fingerprint density at radius 3 is 2.64 bits per heavy atom. The van der Waals surface area contributed by atoms with Crippen molar-refractivity contribution >= 4 is 5.78 Å². The van der Waals surface area contributed by atoms with Crippen LogP contribution in [0.3, 0.4) is 0 Å². The Balaban J connectivity index is 1.73. The summed E-state index contributed by atoms with van der Waals surface area (Å²) in [5.74, 6) is 1.04. The highest BCUT2D eigenvalue weighted by Gasteiger charge is 2.75. The van der Waals surface area contributed by atoms with Crippen LogP contribution in [0.25, 0.3) is 0 Å². The fourth-order valence-electron chi connectivity index (χ4n) is 7.47. The van der Waals surface area contributed by atoms with E-state index < -0.39 is 0 Å². The van der Waals surface area contributed by atoms with Crippen molar-refractivity contribution in [3.05, 3.63) is 11.6 Å². The van der Waals surface area contributed by atoms with Gasteiger partial charge in [0.05, 0.1) is 6.10 Å². The molecule has 0 amide bonds. The van der Waals surface area contributed by atoms with E-state index in [-0.39, 0.29) is 16.9 Å².